The molecule has 0 amide bonds. The molecule has 4 unspecified atom stereocenters. The molecular weight excluding hydrogens is 1550 g/mol. The van der Waals surface area contributed by atoms with Crippen LogP contribution in [0.1, 0.15) is 143 Å². The van der Waals surface area contributed by atoms with Crippen molar-refractivity contribution in [3.63, 3.8) is 0 Å². The van der Waals surface area contributed by atoms with Crippen molar-refractivity contribution in [1.82, 2.24) is 19.9 Å². The highest BCUT2D eigenvalue weighted by Gasteiger charge is 2.29. The van der Waals surface area contributed by atoms with Crippen molar-refractivity contribution in [3.8, 4) is 89.5 Å². The SMILES string of the molecule is [2H]C([2H])([2H])C([2H])(C)Cc1cc(-c2cc[n+](C)c(-c3c(C)ccc4c3oc3ncccc34)c2)ccc1F.[2H]C([2H])([2H])C([2H])(C)Cc1cccc(-c2cc[n+](C)c(-c3c(C)ccc4c3oc3ncccc34)c2)c1.[2H]C([2H])([2H])C([2H])(C)c1cc(-c2cc[n+](C)c(-c3c(C)ccc4c3oc3ncccc34)c2)cc(C([2H])(C)C([2H])([2H])[2H])c1F.[2H]C([2H])([2H])c1ccc(-c2ccc(-c3c(C)ccc4c3oc3ncccc34)[n+](C)c2)cc1. The quantitative estimate of drug-likeness (QED) is 0.0988. The fourth-order valence-corrected chi connectivity index (χ4v) is 16.7. The van der Waals surface area contributed by atoms with Gasteiger partial charge in [0.1, 0.15) is 39.8 Å². The lowest BCUT2D eigenvalue weighted by Gasteiger charge is -2.17. The highest BCUT2D eigenvalue weighted by atomic mass is 19.1. The average Bonchev–Trinajstić information content (AvgIpc) is 0.958. The van der Waals surface area contributed by atoms with E-state index in [9.17, 15) is 4.39 Å². The predicted molar refractivity (Wildman–Crippen MR) is 503 cm³/mol. The molecule has 14 heteroatoms. The van der Waals surface area contributed by atoms with Gasteiger partial charge in [0.15, 0.2) is 47.1 Å². The lowest BCUT2D eigenvalue weighted by atomic mass is 9.89. The zero-order valence-corrected chi connectivity index (χ0v) is 71.4. The Morgan fingerprint density at radius 3 is 1.14 bits per heavy atom. The molecule has 4 atom stereocenters. The number of nitrogens with zero attached hydrogens (tertiary/aromatic N) is 8. The van der Waals surface area contributed by atoms with Crippen molar-refractivity contribution in [3.05, 3.63) is 336 Å². The van der Waals surface area contributed by atoms with Crippen LogP contribution in [-0.4, -0.2) is 19.9 Å². The summed E-state index contributed by atoms with van der Waals surface area (Å²) in [6.45, 7) is 0.219. The van der Waals surface area contributed by atoms with Gasteiger partial charge >= 0.3 is 0 Å². The second-order valence-corrected chi connectivity index (χ2v) is 32.2. The molecule has 0 saturated heterocycles. The number of halogens is 2. The molecule has 20 aromatic rings. The van der Waals surface area contributed by atoms with Gasteiger partial charge in [-0.1, -0.05) is 164 Å². The maximum absolute atomic E-state index is 16.0. The van der Waals surface area contributed by atoms with Gasteiger partial charge in [-0.05, 0) is 233 Å². The molecule has 0 aliphatic carbocycles. The van der Waals surface area contributed by atoms with Gasteiger partial charge in [0, 0.05) is 142 Å². The minimum atomic E-state index is -2.93. The van der Waals surface area contributed by atoms with Crippen molar-refractivity contribution in [1.29, 1.82) is 0 Å². The van der Waals surface area contributed by atoms with E-state index in [1.54, 1.807) is 61.3 Å². The summed E-state index contributed by atoms with van der Waals surface area (Å²) >= 11 is 0. The molecular formula is C111H104F2N8O4+4. The van der Waals surface area contributed by atoms with Crippen LogP contribution in [-0.2, 0) is 41.0 Å². The van der Waals surface area contributed by atoms with Crippen LogP contribution in [0.15, 0.2) is 292 Å². The van der Waals surface area contributed by atoms with Crippen molar-refractivity contribution < 1.29 is 70.8 Å². The zero-order chi connectivity index (χ0) is 104. The van der Waals surface area contributed by atoms with Crippen LogP contribution in [0, 0.1) is 58.0 Å². The van der Waals surface area contributed by atoms with Crippen molar-refractivity contribution in [2.75, 3.05) is 0 Å². The lowest BCUT2D eigenvalue weighted by Crippen LogP contribution is -2.31. The third-order valence-corrected chi connectivity index (χ3v) is 23.1. The molecule has 0 spiro atoms. The monoisotopic (exact) mass is 1670 g/mol. The molecule has 12 heterocycles. The number of benzene rings is 8. The maximum atomic E-state index is 16.0. The van der Waals surface area contributed by atoms with Gasteiger partial charge in [-0.3, -0.25) is 0 Å². The summed E-state index contributed by atoms with van der Waals surface area (Å²) < 4.78 is 214. The molecule has 0 aliphatic heterocycles. The third-order valence-electron chi connectivity index (χ3n) is 23.1. The maximum Gasteiger partial charge on any atom is 0.227 e. The first-order valence-electron chi connectivity index (χ1n) is 50.6. The second kappa shape index (κ2) is 34.7. The van der Waals surface area contributed by atoms with E-state index in [-0.39, 0.29) is 24.0 Å². The summed E-state index contributed by atoms with van der Waals surface area (Å²) in [5.74, 6) is -9.89. The molecule has 622 valence electrons. The van der Waals surface area contributed by atoms with E-state index in [2.05, 4.69) is 97.6 Å². The van der Waals surface area contributed by atoms with E-state index >= 15 is 4.39 Å². The smallest absolute Gasteiger partial charge is 0.227 e. The molecule has 125 heavy (non-hydrogen) atoms. The standard InChI is InChI=1S/C30H30FN2O.C28H26FN2O.C28H27N2O.C25H21N2O/c1-17(2)24-14-21(15-25(18(3)4)28(24)31)20-11-13-33(6)26(16-20)27-19(5)9-10-22-23-8-7-12-32-30(23)34-29(22)27;1-17(2)14-21-15-19(8-10-24(21)29)20-11-13-31(4)25(16-20)26-18(3)7-9-22-23-6-5-12-30-28(23)32-27(22)26;1-18(2)15-20-7-5-8-21(16-20)22-12-14-30(4)25(17-22)26-19(3)10-11-23-24-9-6-13-29-28(24)31-27(23)26;1-16-6-9-18(10-7-16)19-11-13-22(27(3)15-19)23-17(2)8-12-20-21-5-4-14-26-25(21)28-24(20)23/h7-18H,1-6H3;5-13,15-17H,14H2,1-4H3;5-14,16-18H,15H2,1-4H3;4-15H,1-3H3/q4*+1/i1D3,3D3,17D,18D;1D3,17D;1D3,18D;1D3. The molecule has 8 aromatic carbocycles. The van der Waals surface area contributed by atoms with Gasteiger partial charge in [-0.25, -0.2) is 47.0 Å². The summed E-state index contributed by atoms with van der Waals surface area (Å²) in [5.41, 5.74) is 23.7. The Hall–Kier alpha value is -14.0. The molecule has 12 aromatic heterocycles. The zero-order valence-electron chi connectivity index (χ0n) is 90.4. The number of hydrogen-bond acceptors (Lipinski definition) is 8. The van der Waals surface area contributed by atoms with E-state index in [1.165, 1.54) is 32.0 Å². The van der Waals surface area contributed by atoms with Crippen LogP contribution in [0.3, 0.4) is 0 Å². The number of pyridine rings is 8. The summed E-state index contributed by atoms with van der Waals surface area (Å²) in [4.78, 5) is 17.5. The number of furan rings is 4. The first kappa shape index (κ1) is 63.0. The van der Waals surface area contributed by atoms with E-state index in [0.717, 1.165) is 180 Å². The molecule has 0 N–H and O–H groups in total. The number of aromatic nitrogens is 8. The summed E-state index contributed by atoms with van der Waals surface area (Å²) in [7, 11) is 7.83. The summed E-state index contributed by atoms with van der Waals surface area (Å²) in [6, 6.07) is 69.8. The molecule has 0 saturated carbocycles. The number of rotatable bonds is 14. The van der Waals surface area contributed by atoms with E-state index < -0.39 is 80.6 Å². The topological polar surface area (TPSA) is 120 Å². The molecule has 20 rings (SSSR count). The number of hydrogen-bond donors (Lipinski definition) is 0. The summed E-state index contributed by atoms with van der Waals surface area (Å²) in [5, 5.41) is 7.74. The van der Waals surface area contributed by atoms with Crippen molar-refractivity contribution in [2.45, 2.75) is 114 Å². The summed E-state index contributed by atoms with van der Waals surface area (Å²) in [6.07, 6.45) is 14.5. The largest absolute Gasteiger partial charge is 0.437 e. The van der Waals surface area contributed by atoms with Crippen LogP contribution in [0.5, 0.6) is 0 Å². The third kappa shape index (κ3) is 16.5. The fraction of sp³-hybridized carbons (Fsp3) is 0.207. The normalized spacial score (nSPS) is 16.3. The van der Waals surface area contributed by atoms with E-state index in [1.807, 2.05) is 191 Å². The molecule has 0 bridgehead atoms. The average molecular weight is 1670 g/mol. The highest BCUT2D eigenvalue weighted by molar-refractivity contribution is 6.12. The first-order chi connectivity index (χ1) is 67.7. The minimum Gasteiger partial charge on any atom is -0.437 e. The Balaban J connectivity index is 0.000000132. The van der Waals surface area contributed by atoms with Gasteiger partial charge < -0.3 is 17.7 Å². The number of fused-ring (bicyclic) bond motifs is 12. The van der Waals surface area contributed by atoms with E-state index in [4.69, 9.17) is 43.7 Å². The second-order valence-electron chi connectivity index (χ2n) is 32.2. The highest BCUT2D eigenvalue weighted by Crippen LogP contribution is 2.44. The molecule has 0 radical (unpaired) electrons. The van der Waals surface area contributed by atoms with Gasteiger partial charge in [-0.2, -0.15) is 0 Å². The lowest BCUT2D eigenvalue weighted by molar-refractivity contribution is -0.660. The minimum absolute atomic E-state index is 0.148. The molecule has 0 aliphatic rings. The number of aryl methyl sites for hydroxylation is 9. The van der Waals surface area contributed by atoms with Gasteiger partial charge in [0.05, 0.1) is 22.3 Å². The van der Waals surface area contributed by atoms with E-state index in [0.29, 0.717) is 39.6 Å². The van der Waals surface area contributed by atoms with Gasteiger partial charge in [-0.15, -0.1) is 0 Å². The Morgan fingerprint density at radius 2 is 0.728 bits per heavy atom. The van der Waals surface area contributed by atoms with Crippen LogP contribution in [0.2, 0.25) is 0 Å². The Morgan fingerprint density at radius 1 is 0.344 bits per heavy atom. The Bertz CT molecular complexity index is 8380. The predicted octanol–water partition coefficient (Wildman–Crippen LogP) is 27.0. The van der Waals surface area contributed by atoms with Crippen molar-refractivity contribution in [2.24, 2.45) is 40.0 Å². The fourth-order valence-electron chi connectivity index (χ4n) is 16.7. The Kier molecular flexibility index (Phi) is 17.5. The van der Waals surface area contributed by atoms with Crippen LogP contribution >= 0.6 is 0 Å². The van der Waals surface area contributed by atoms with Gasteiger partial charge in [0.2, 0.25) is 45.6 Å². The Labute approximate surface area is 755 Å². The van der Waals surface area contributed by atoms with Crippen molar-refractivity contribution >= 4 is 88.3 Å². The van der Waals surface area contributed by atoms with Crippen LogP contribution < -0.4 is 18.3 Å². The van der Waals surface area contributed by atoms with Gasteiger partial charge in [0.25, 0.3) is 0 Å². The van der Waals surface area contributed by atoms with Crippen LogP contribution in [0.4, 0.5) is 8.78 Å². The molecule has 12 nitrogen and oxygen atoms in total. The first-order valence-corrected chi connectivity index (χ1v) is 41.1. The molecule has 0 fully saturated rings. The van der Waals surface area contributed by atoms with Crippen LogP contribution in [0.25, 0.3) is 178 Å².